The van der Waals surface area contributed by atoms with Crippen molar-refractivity contribution in [1.82, 2.24) is 5.32 Å². The summed E-state index contributed by atoms with van der Waals surface area (Å²) in [6, 6.07) is 12.4. The minimum atomic E-state index is -0.401. The van der Waals surface area contributed by atoms with Gasteiger partial charge in [-0.25, -0.2) is 4.39 Å². The van der Waals surface area contributed by atoms with E-state index in [-0.39, 0.29) is 11.1 Å². The van der Waals surface area contributed by atoms with Gasteiger partial charge in [0.1, 0.15) is 18.5 Å². The zero-order valence-electron chi connectivity index (χ0n) is 11.3. The summed E-state index contributed by atoms with van der Waals surface area (Å²) >= 11 is 5.65. The van der Waals surface area contributed by atoms with Crippen molar-refractivity contribution in [3.63, 3.8) is 0 Å². The van der Waals surface area contributed by atoms with Gasteiger partial charge >= 0.3 is 0 Å². The summed E-state index contributed by atoms with van der Waals surface area (Å²) in [4.78, 5) is 0. The smallest absolute Gasteiger partial charge is 0.161 e. The highest BCUT2D eigenvalue weighted by Crippen LogP contribution is 2.30. The second-order valence-corrected chi connectivity index (χ2v) is 5.28. The van der Waals surface area contributed by atoms with Gasteiger partial charge in [0.15, 0.2) is 11.5 Å². The highest BCUT2D eigenvalue weighted by molar-refractivity contribution is 6.30. The van der Waals surface area contributed by atoms with Crippen LogP contribution in [-0.4, -0.2) is 19.3 Å². The molecule has 1 heterocycles. The molecule has 1 unspecified atom stereocenters. The van der Waals surface area contributed by atoms with Crippen molar-refractivity contribution in [3.8, 4) is 11.5 Å². The number of benzene rings is 2. The summed E-state index contributed by atoms with van der Waals surface area (Å²) in [5.41, 5.74) is 0.842. The van der Waals surface area contributed by atoms with Gasteiger partial charge in [-0.3, -0.25) is 0 Å². The largest absolute Gasteiger partial charge is 0.486 e. The number of hydrogen-bond donors (Lipinski definition) is 1. The van der Waals surface area contributed by atoms with E-state index in [9.17, 15) is 4.39 Å². The molecule has 2 aromatic carbocycles. The number of hydrogen-bond acceptors (Lipinski definition) is 3. The molecule has 0 aromatic heterocycles. The Bertz CT molecular complexity index is 635. The first kappa shape index (κ1) is 14.2. The van der Waals surface area contributed by atoms with Gasteiger partial charge in [0.25, 0.3) is 0 Å². The molecule has 0 radical (unpaired) electrons. The van der Waals surface area contributed by atoms with Gasteiger partial charge in [0, 0.05) is 13.1 Å². The van der Waals surface area contributed by atoms with E-state index in [2.05, 4.69) is 5.32 Å². The lowest BCUT2D eigenvalue weighted by molar-refractivity contribution is 0.0902. The SMILES string of the molecule is Fc1cc(CNCC2COc3ccccc3O2)ccc1Cl. The second-order valence-electron chi connectivity index (χ2n) is 4.88. The summed E-state index contributed by atoms with van der Waals surface area (Å²) in [5, 5.41) is 3.37. The van der Waals surface area contributed by atoms with Crippen molar-refractivity contribution >= 4 is 11.6 Å². The highest BCUT2D eigenvalue weighted by atomic mass is 35.5. The summed E-state index contributed by atoms with van der Waals surface area (Å²) in [5.74, 6) is 1.13. The third-order valence-corrected chi connectivity index (χ3v) is 3.56. The summed E-state index contributed by atoms with van der Waals surface area (Å²) < 4.78 is 24.8. The molecule has 110 valence electrons. The quantitative estimate of drug-likeness (QED) is 0.939. The molecule has 1 N–H and O–H groups in total. The van der Waals surface area contributed by atoms with E-state index >= 15 is 0 Å². The van der Waals surface area contributed by atoms with E-state index < -0.39 is 5.82 Å². The molecule has 0 saturated heterocycles. The molecule has 2 aromatic rings. The van der Waals surface area contributed by atoms with Crippen LogP contribution in [0.25, 0.3) is 0 Å². The average Bonchev–Trinajstić information content (AvgIpc) is 2.51. The third-order valence-electron chi connectivity index (χ3n) is 3.25. The molecule has 1 aliphatic heterocycles. The Kier molecular flexibility index (Phi) is 4.27. The van der Waals surface area contributed by atoms with Crippen LogP contribution >= 0.6 is 11.6 Å². The van der Waals surface area contributed by atoms with Crippen molar-refractivity contribution in [2.75, 3.05) is 13.2 Å². The number of fused-ring (bicyclic) bond motifs is 1. The Labute approximate surface area is 127 Å². The Morgan fingerprint density at radius 3 is 2.81 bits per heavy atom. The van der Waals surface area contributed by atoms with Crippen molar-refractivity contribution in [3.05, 3.63) is 58.9 Å². The van der Waals surface area contributed by atoms with Gasteiger partial charge < -0.3 is 14.8 Å². The van der Waals surface area contributed by atoms with Crippen molar-refractivity contribution in [1.29, 1.82) is 0 Å². The van der Waals surface area contributed by atoms with Crippen molar-refractivity contribution < 1.29 is 13.9 Å². The highest BCUT2D eigenvalue weighted by Gasteiger charge is 2.19. The molecule has 1 atom stereocenters. The van der Waals surface area contributed by atoms with E-state index in [1.54, 1.807) is 12.1 Å². The van der Waals surface area contributed by atoms with Gasteiger partial charge in [0.05, 0.1) is 5.02 Å². The number of rotatable bonds is 4. The van der Waals surface area contributed by atoms with E-state index in [1.165, 1.54) is 6.07 Å². The predicted molar refractivity (Wildman–Crippen MR) is 79.5 cm³/mol. The second kappa shape index (κ2) is 6.33. The Morgan fingerprint density at radius 2 is 2.00 bits per heavy atom. The fourth-order valence-electron chi connectivity index (χ4n) is 2.19. The minimum absolute atomic E-state index is 0.0583. The Hall–Kier alpha value is -1.78. The molecule has 5 heteroatoms. The summed E-state index contributed by atoms with van der Waals surface area (Å²) in [6.07, 6.45) is -0.0583. The molecule has 1 aliphatic rings. The third kappa shape index (κ3) is 3.46. The van der Waals surface area contributed by atoms with Crippen LogP contribution in [0.5, 0.6) is 11.5 Å². The van der Waals surface area contributed by atoms with Crippen LogP contribution in [0.2, 0.25) is 5.02 Å². The van der Waals surface area contributed by atoms with Crippen LogP contribution in [0.4, 0.5) is 4.39 Å². The molecule has 3 rings (SSSR count). The summed E-state index contributed by atoms with van der Waals surface area (Å²) in [7, 11) is 0. The Balaban J connectivity index is 1.51. The molecular formula is C16H15ClFNO2. The first-order valence-electron chi connectivity index (χ1n) is 6.75. The Morgan fingerprint density at radius 1 is 1.19 bits per heavy atom. The summed E-state index contributed by atoms with van der Waals surface area (Å²) in [6.45, 7) is 1.67. The van der Waals surface area contributed by atoms with Crippen LogP contribution < -0.4 is 14.8 Å². The lowest BCUT2D eigenvalue weighted by Crippen LogP contribution is -2.38. The van der Waals surface area contributed by atoms with Gasteiger partial charge in [-0.05, 0) is 29.8 Å². The lowest BCUT2D eigenvalue weighted by Gasteiger charge is -2.26. The van der Waals surface area contributed by atoms with E-state index in [0.717, 1.165) is 17.1 Å². The first-order chi connectivity index (χ1) is 10.2. The fraction of sp³-hybridized carbons (Fsp3) is 0.250. The van der Waals surface area contributed by atoms with Gasteiger partial charge in [-0.1, -0.05) is 29.8 Å². The minimum Gasteiger partial charge on any atom is -0.486 e. The van der Waals surface area contributed by atoms with Crippen molar-refractivity contribution in [2.45, 2.75) is 12.6 Å². The normalized spacial score (nSPS) is 16.8. The molecule has 0 spiro atoms. The van der Waals surface area contributed by atoms with Crippen molar-refractivity contribution in [2.24, 2.45) is 0 Å². The first-order valence-corrected chi connectivity index (χ1v) is 7.13. The van der Waals surface area contributed by atoms with Crippen LogP contribution in [0.1, 0.15) is 5.56 Å². The van der Waals surface area contributed by atoms with Gasteiger partial charge in [0.2, 0.25) is 0 Å². The van der Waals surface area contributed by atoms with Crippen LogP contribution in [0.3, 0.4) is 0 Å². The standard InChI is InChI=1S/C16H15ClFNO2/c17-13-6-5-11(7-14(13)18)8-19-9-12-10-20-15-3-1-2-4-16(15)21-12/h1-7,12,19H,8-10H2. The molecule has 0 aliphatic carbocycles. The maximum atomic E-state index is 13.3. The lowest BCUT2D eigenvalue weighted by atomic mass is 10.2. The molecule has 0 saturated carbocycles. The monoisotopic (exact) mass is 307 g/mol. The zero-order valence-corrected chi connectivity index (χ0v) is 12.1. The van der Waals surface area contributed by atoms with Crippen LogP contribution in [-0.2, 0) is 6.54 Å². The predicted octanol–water partition coefficient (Wildman–Crippen LogP) is 3.41. The van der Waals surface area contributed by atoms with E-state index in [4.69, 9.17) is 21.1 Å². The maximum absolute atomic E-state index is 13.3. The van der Waals surface area contributed by atoms with Gasteiger partial charge in [-0.2, -0.15) is 0 Å². The molecule has 0 bridgehead atoms. The topological polar surface area (TPSA) is 30.5 Å². The molecule has 21 heavy (non-hydrogen) atoms. The van der Waals surface area contributed by atoms with Crippen LogP contribution in [0.15, 0.2) is 42.5 Å². The average molecular weight is 308 g/mol. The molecule has 0 fully saturated rings. The molecular weight excluding hydrogens is 293 g/mol. The number of para-hydroxylation sites is 2. The number of halogens is 2. The molecule has 0 amide bonds. The number of nitrogens with one attached hydrogen (secondary N) is 1. The maximum Gasteiger partial charge on any atom is 0.161 e. The number of ether oxygens (including phenoxy) is 2. The van der Waals surface area contributed by atoms with Crippen LogP contribution in [0, 0.1) is 5.82 Å². The van der Waals surface area contributed by atoms with Gasteiger partial charge in [-0.15, -0.1) is 0 Å². The van der Waals surface area contributed by atoms with E-state index in [1.807, 2.05) is 24.3 Å². The fourth-order valence-corrected chi connectivity index (χ4v) is 2.31. The zero-order chi connectivity index (χ0) is 14.7. The van der Waals surface area contributed by atoms with E-state index in [0.29, 0.717) is 19.7 Å². The molecule has 3 nitrogen and oxygen atoms in total.